The van der Waals surface area contributed by atoms with Gasteiger partial charge in [-0.25, -0.2) is 9.78 Å². The van der Waals surface area contributed by atoms with Crippen molar-refractivity contribution in [1.82, 2.24) is 4.98 Å². The molecule has 0 saturated carbocycles. The molecule has 0 aromatic carbocycles. The second kappa shape index (κ2) is 6.58. The Morgan fingerprint density at radius 3 is 2.95 bits per heavy atom. The van der Waals surface area contributed by atoms with Crippen LogP contribution in [0, 0.1) is 0 Å². The molecule has 0 bridgehead atoms. The van der Waals surface area contributed by atoms with E-state index in [4.69, 9.17) is 9.15 Å². The minimum absolute atomic E-state index is 0.350. The minimum atomic E-state index is -0.350. The number of hydrogen-bond donors (Lipinski definition) is 1. The highest BCUT2D eigenvalue weighted by atomic mass is 16.5. The van der Waals surface area contributed by atoms with E-state index < -0.39 is 0 Å². The molecule has 0 atom stereocenters. The topological polar surface area (TPSA) is 64.4 Å². The fraction of sp³-hybridized carbons (Fsp3) is 0.286. The third-order valence-corrected chi connectivity index (χ3v) is 2.53. The first-order valence-corrected chi connectivity index (χ1v) is 6.19. The molecule has 0 fully saturated rings. The maximum Gasteiger partial charge on any atom is 0.339 e. The number of aromatic nitrogens is 1. The summed E-state index contributed by atoms with van der Waals surface area (Å²) < 4.78 is 10.1. The van der Waals surface area contributed by atoms with Gasteiger partial charge >= 0.3 is 5.97 Å². The van der Waals surface area contributed by atoms with Gasteiger partial charge in [0.05, 0.1) is 18.4 Å². The third-order valence-electron chi connectivity index (χ3n) is 2.53. The van der Waals surface area contributed by atoms with Crippen LogP contribution in [0.2, 0.25) is 0 Å². The van der Waals surface area contributed by atoms with Crippen molar-refractivity contribution < 1.29 is 13.9 Å². The van der Waals surface area contributed by atoms with Gasteiger partial charge in [-0.3, -0.25) is 0 Å². The molecule has 0 amide bonds. The summed E-state index contributed by atoms with van der Waals surface area (Å²) in [5.41, 5.74) is 0.457. The van der Waals surface area contributed by atoms with Gasteiger partial charge in [0.2, 0.25) is 0 Å². The maximum absolute atomic E-state index is 11.4. The number of nitrogens with zero attached hydrogens (tertiary/aromatic N) is 1. The summed E-state index contributed by atoms with van der Waals surface area (Å²) in [5.74, 6) is 1.30. The lowest BCUT2D eigenvalue weighted by atomic mass is 10.3. The molecule has 19 heavy (non-hydrogen) atoms. The van der Waals surface area contributed by atoms with Gasteiger partial charge in [0.15, 0.2) is 0 Å². The predicted molar refractivity (Wildman–Crippen MR) is 71.1 cm³/mol. The quantitative estimate of drug-likeness (QED) is 0.808. The lowest BCUT2D eigenvalue weighted by Gasteiger charge is -2.05. The number of pyridine rings is 1. The van der Waals surface area contributed by atoms with Gasteiger partial charge in [-0.05, 0) is 31.2 Å². The summed E-state index contributed by atoms with van der Waals surface area (Å²) in [6.45, 7) is 2.86. The highest BCUT2D eigenvalue weighted by molar-refractivity contribution is 5.89. The van der Waals surface area contributed by atoms with Crippen LogP contribution in [0.25, 0.3) is 0 Å². The average molecular weight is 260 g/mol. The molecule has 5 nitrogen and oxygen atoms in total. The molecule has 2 aromatic heterocycles. The van der Waals surface area contributed by atoms with Crippen LogP contribution >= 0.6 is 0 Å². The van der Waals surface area contributed by atoms with Gasteiger partial charge < -0.3 is 14.5 Å². The van der Waals surface area contributed by atoms with Crippen LogP contribution in [0.5, 0.6) is 0 Å². The van der Waals surface area contributed by atoms with Crippen LogP contribution < -0.4 is 5.32 Å². The summed E-state index contributed by atoms with van der Waals surface area (Å²) >= 11 is 0. The molecule has 2 aromatic rings. The molecule has 5 heteroatoms. The molecule has 2 heterocycles. The molecule has 2 rings (SSSR count). The number of nitrogens with one attached hydrogen (secondary N) is 1. The average Bonchev–Trinajstić information content (AvgIpc) is 2.93. The van der Waals surface area contributed by atoms with Crippen LogP contribution in [0.3, 0.4) is 0 Å². The molecule has 0 unspecified atom stereocenters. The van der Waals surface area contributed by atoms with Crippen molar-refractivity contribution in [3.8, 4) is 0 Å². The van der Waals surface area contributed by atoms with Crippen molar-refractivity contribution in [2.45, 2.75) is 13.3 Å². The Bertz CT molecular complexity index is 506. The second-order valence-electron chi connectivity index (χ2n) is 3.91. The van der Waals surface area contributed by atoms with Crippen molar-refractivity contribution in [2.24, 2.45) is 0 Å². The third kappa shape index (κ3) is 3.84. The molecular weight excluding hydrogens is 244 g/mol. The summed E-state index contributed by atoms with van der Waals surface area (Å²) in [5, 5.41) is 3.16. The number of rotatable bonds is 6. The zero-order chi connectivity index (χ0) is 13.5. The second-order valence-corrected chi connectivity index (χ2v) is 3.91. The van der Waals surface area contributed by atoms with Crippen molar-refractivity contribution in [2.75, 3.05) is 18.5 Å². The lowest BCUT2D eigenvalue weighted by Crippen LogP contribution is -2.08. The van der Waals surface area contributed by atoms with Crippen LogP contribution in [0.15, 0.2) is 41.1 Å². The van der Waals surface area contributed by atoms with Crippen molar-refractivity contribution in [1.29, 1.82) is 0 Å². The number of hydrogen-bond acceptors (Lipinski definition) is 5. The number of furan rings is 1. The Morgan fingerprint density at radius 1 is 1.42 bits per heavy atom. The van der Waals surface area contributed by atoms with Gasteiger partial charge in [-0.1, -0.05) is 0 Å². The van der Waals surface area contributed by atoms with Gasteiger partial charge in [0, 0.05) is 19.2 Å². The molecule has 0 radical (unpaired) electrons. The predicted octanol–water partition coefficient (Wildman–Crippen LogP) is 2.51. The first-order chi connectivity index (χ1) is 9.29. The number of ether oxygens (including phenoxy) is 1. The molecule has 0 aliphatic heterocycles. The van der Waals surface area contributed by atoms with Crippen molar-refractivity contribution in [3.05, 3.63) is 48.0 Å². The van der Waals surface area contributed by atoms with Gasteiger partial charge in [-0.15, -0.1) is 0 Å². The molecule has 0 aliphatic rings. The smallest absolute Gasteiger partial charge is 0.339 e. The van der Waals surface area contributed by atoms with E-state index in [0.717, 1.165) is 24.5 Å². The standard InChI is InChI=1S/C14H16N2O3/c1-2-18-14(17)11-5-6-13(16-10-11)15-8-7-12-4-3-9-19-12/h3-6,9-10H,2,7-8H2,1H3,(H,15,16). The molecule has 0 saturated heterocycles. The highest BCUT2D eigenvalue weighted by Crippen LogP contribution is 2.07. The van der Waals surface area contributed by atoms with Crippen LogP contribution in [-0.4, -0.2) is 24.1 Å². The normalized spacial score (nSPS) is 10.2. The summed E-state index contributed by atoms with van der Waals surface area (Å²) in [6.07, 6.45) is 3.95. The Labute approximate surface area is 111 Å². The van der Waals surface area contributed by atoms with E-state index in [9.17, 15) is 4.79 Å². The van der Waals surface area contributed by atoms with E-state index >= 15 is 0 Å². The maximum atomic E-state index is 11.4. The van der Waals surface area contributed by atoms with Crippen LogP contribution in [0.1, 0.15) is 23.0 Å². The van der Waals surface area contributed by atoms with E-state index in [-0.39, 0.29) is 5.97 Å². The zero-order valence-corrected chi connectivity index (χ0v) is 10.8. The number of esters is 1. The van der Waals surface area contributed by atoms with Gasteiger partial charge in [-0.2, -0.15) is 0 Å². The van der Waals surface area contributed by atoms with E-state index in [2.05, 4.69) is 10.3 Å². The Hall–Kier alpha value is -2.30. The lowest BCUT2D eigenvalue weighted by molar-refractivity contribution is 0.0526. The molecular formula is C14H16N2O3. The first kappa shape index (κ1) is 13.1. The molecule has 0 aliphatic carbocycles. The Morgan fingerprint density at radius 2 is 2.32 bits per heavy atom. The van der Waals surface area contributed by atoms with E-state index in [1.54, 1.807) is 25.3 Å². The summed E-state index contributed by atoms with van der Waals surface area (Å²) in [6, 6.07) is 7.25. The van der Waals surface area contributed by atoms with Crippen LogP contribution in [-0.2, 0) is 11.2 Å². The Kier molecular flexibility index (Phi) is 4.55. The monoisotopic (exact) mass is 260 g/mol. The summed E-state index contributed by atoms with van der Waals surface area (Å²) in [4.78, 5) is 15.6. The van der Waals surface area contributed by atoms with E-state index in [1.165, 1.54) is 6.20 Å². The first-order valence-electron chi connectivity index (χ1n) is 6.19. The number of carbonyl (C=O) groups excluding carboxylic acids is 1. The van der Waals surface area contributed by atoms with E-state index in [1.807, 2.05) is 12.1 Å². The van der Waals surface area contributed by atoms with Gasteiger partial charge in [0.25, 0.3) is 0 Å². The SMILES string of the molecule is CCOC(=O)c1ccc(NCCc2ccco2)nc1. The Balaban J connectivity index is 1.83. The van der Waals surface area contributed by atoms with E-state index in [0.29, 0.717) is 12.2 Å². The molecule has 100 valence electrons. The van der Waals surface area contributed by atoms with Crippen LogP contribution in [0.4, 0.5) is 5.82 Å². The fourth-order valence-electron chi connectivity index (χ4n) is 1.60. The molecule has 0 spiro atoms. The number of anilines is 1. The largest absolute Gasteiger partial charge is 0.469 e. The highest BCUT2D eigenvalue weighted by Gasteiger charge is 2.06. The molecule has 1 N–H and O–H groups in total. The van der Waals surface area contributed by atoms with Crippen molar-refractivity contribution in [3.63, 3.8) is 0 Å². The minimum Gasteiger partial charge on any atom is -0.469 e. The van der Waals surface area contributed by atoms with Gasteiger partial charge in [0.1, 0.15) is 11.6 Å². The fourth-order valence-corrected chi connectivity index (χ4v) is 1.60. The zero-order valence-electron chi connectivity index (χ0n) is 10.8. The number of carbonyl (C=O) groups is 1. The van der Waals surface area contributed by atoms with Crippen molar-refractivity contribution >= 4 is 11.8 Å². The summed E-state index contributed by atoms with van der Waals surface area (Å²) in [7, 11) is 0.